The fourth-order valence-corrected chi connectivity index (χ4v) is 3.27. The number of ether oxygens (including phenoxy) is 3. The lowest BCUT2D eigenvalue weighted by Crippen LogP contribution is -2.07. The maximum absolute atomic E-state index is 12.4. The van der Waals surface area contributed by atoms with Gasteiger partial charge in [-0.25, -0.2) is 4.79 Å². The number of methoxy groups -OCH3 is 1. The Bertz CT molecular complexity index is 1060. The van der Waals surface area contributed by atoms with E-state index >= 15 is 0 Å². The Balaban J connectivity index is 1.95. The molecule has 0 unspecified atom stereocenters. The first-order valence-corrected chi connectivity index (χ1v) is 10.6. The van der Waals surface area contributed by atoms with Crippen molar-refractivity contribution < 1.29 is 19.0 Å². The SMILES string of the molecule is COC(=O)c1cc(N)c(Nc2ccc(OC(C)C)cc2)cc1-c1ccc(OC(C)C)cc1. The smallest absolute Gasteiger partial charge is 0.338 e. The molecule has 0 aromatic heterocycles. The number of carbonyl (C=O) groups excluding carboxylic acids is 1. The normalized spacial score (nSPS) is 10.8. The van der Waals surface area contributed by atoms with Gasteiger partial charge in [0, 0.05) is 5.69 Å². The number of carbonyl (C=O) groups is 1. The molecule has 168 valence electrons. The van der Waals surface area contributed by atoms with Crippen molar-refractivity contribution in [1.82, 2.24) is 0 Å². The molecule has 3 aromatic carbocycles. The van der Waals surface area contributed by atoms with E-state index in [9.17, 15) is 4.79 Å². The van der Waals surface area contributed by atoms with Gasteiger partial charge in [-0.15, -0.1) is 0 Å². The van der Waals surface area contributed by atoms with Gasteiger partial charge in [-0.2, -0.15) is 0 Å². The van der Waals surface area contributed by atoms with E-state index in [1.807, 2.05) is 82.3 Å². The summed E-state index contributed by atoms with van der Waals surface area (Å²) in [6.45, 7) is 7.92. The average molecular weight is 435 g/mol. The molecule has 0 amide bonds. The lowest BCUT2D eigenvalue weighted by molar-refractivity contribution is 0.0601. The summed E-state index contributed by atoms with van der Waals surface area (Å²) in [6, 6.07) is 18.7. The highest BCUT2D eigenvalue weighted by atomic mass is 16.5. The highest BCUT2D eigenvalue weighted by molar-refractivity contribution is 6.00. The van der Waals surface area contributed by atoms with Crippen molar-refractivity contribution in [3.8, 4) is 22.6 Å². The van der Waals surface area contributed by atoms with Gasteiger partial charge >= 0.3 is 5.97 Å². The standard InChI is InChI=1S/C26H30N2O4/c1-16(2)31-20-10-6-18(7-11-20)22-15-25(24(27)14-23(22)26(29)30-5)28-19-8-12-21(13-9-19)32-17(3)4/h6-17,28H,27H2,1-5H3. The first-order valence-electron chi connectivity index (χ1n) is 10.6. The van der Waals surface area contributed by atoms with Crippen LogP contribution in [-0.2, 0) is 4.74 Å². The van der Waals surface area contributed by atoms with Crippen molar-refractivity contribution >= 4 is 23.0 Å². The van der Waals surface area contributed by atoms with Gasteiger partial charge in [-0.1, -0.05) is 12.1 Å². The molecule has 3 rings (SSSR count). The molecule has 0 saturated heterocycles. The summed E-state index contributed by atoms with van der Waals surface area (Å²) in [5, 5.41) is 3.33. The summed E-state index contributed by atoms with van der Waals surface area (Å²) in [7, 11) is 1.36. The lowest BCUT2D eigenvalue weighted by Gasteiger charge is -2.16. The molecular formula is C26H30N2O4. The van der Waals surface area contributed by atoms with Crippen LogP contribution in [0.3, 0.4) is 0 Å². The number of esters is 1. The molecule has 6 nitrogen and oxygen atoms in total. The van der Waals surface area contributed by atoms with E-state index in [1.54, 1.807) is 6.07 Å². The van der Waals surface area contributed by atoms with E-state index < -0.39 is 5.97 Å². The summed E-state index contributed by atoms with van der Waals surface area (Å²) < 4.78 is 16.4. The van der Waals surface area contributed by atoms with Gasteiger partial charge < -0.3 is 25.3 Å². The molecule has 0 atom stereocenters. The molecule has 0 fully saturated rings. The minimum atomic E-state index is -0.448. The third kappa shape index (κ3) is 5.72. The van der Waals surface area contributed by atoms with Crippen LogP contribution in [0.2, 0.25) is 0 Å². The molecule has 0 radical (unpaired) electrons. The van der Waals surface area contributed by atoms with Crippen LogP contribution in [0.15, 0.2) is 60.7 Å². The Morgan fingerprint density at radius 2 is 1.38 bits per heavy atom. The topological polar surface area (TPSA) is 82.8 Å². The maximum atomic E-state index is 12.4. The second-order valence-corrected chi connectivity index (χ2v) is 7.98. The van der Waals surface area contributed by atoms with Crippen molar-refractivity contribution in [2.45, 2.75) is 39.9 Å². The second kappa shape index (κ2) is 10.1. The van der Waals surface area contributed by atoms with Gasteiger partial charge in [0.15, 0.2) is 0 Å². The average Bonchev–Trinajstić information content (AvgIpc) is 2.75. The third-order valence-electron chi connectivity index (χ3n) is 4.64. The molecule has 0 aliphatic heterocycles. The number of benzene rings is 3. The van der Waals surface area contributed by atoms with E-state index in [4.69, 9.17) is 19.9 Å². The number of anilines is 3. The van der Waals surface area contributed by atoms with E-state index in [1.165, 1.54) is 7.11 Å². The van der Waals surface area contributed by atoms with Crippen molar-refractivity contribution in [3.05, 3.63) is 66.2 Å². The molecule has 6 heteroatoms. The van der Waals surface area contributed by atoms with Crippen molar-refractivity contribution in [3.63, 3.8) is 0 Å². The zero-order chi connectivity index (χ0) is 23.3. The van der Waals surface area contributed by atoms with Gasteiger partial charge in [0.1, 0.15) is 11.5 Å². The van der Waals surface area contributed by atoms with Crippen LogP contribution >= 0.6 is 0 Å². The van der Waals surface area contributed by atoms with E-state index in [2.05, 4.69) is 5.32 Å². The maximum Gasteiger partial charge on any atom is 0.338 e. The Kier molecular flexibility index (Phi) is 7.25. The number of nitrogen functional groups attached to an aromatic ring is 1. The molecule has 3 aromatic rings. The molecule has 0 saturated carbocycles. The minimum absolute atomic E-state index is 0.0798. The van der Waals surface area contributed by atoms with Crippen LogP contribution in [0.25, 0.3) is 11.1 Å². The number of nitrogens with one attached hydrogen (secondary N) is 1. The van der Waals surface area contributed by atoms with Gasteiger partial charge in [0.2, 0.25) is 0 Å². The van der Waals surface area contributed by atoms with Crippen LogP contribution in [0.1, 0.15) is 38.1 Å². The molecule has 0 spiro atoms. The van der Waals surface area contributed by atoms with Crippen LogP contribution < -0.4 is 20.5 Å². The fourth-order valence-electron chi connectivity index (χ4n) is 3.27. The zero-order valence-corrected chi connectivity index (χ0v) is 19.1. The number of hydrogen-bond acceptors (Lipinski definition) is 6. The molecule has 0 aliphatic rings. The van der Waals surface area contributed by atoms with E-state index in [0.717, 1.165) is 22.7 Å². The van der Waals surface area contributed by atoms with Gasteiger partial charge in [-0.3, -0.25) is 0 Å². The van der Waals surface area contributed by atoms with Gasteiger partial charge in [0.05, 0.1) is 36.3 Å². The molecule has 3 N–H and O–H groups in total. The number of rotatable bonds is 8. The minimum Gasteiger partial charge on any atom is -0.491 e. The van der Waals surface area contributed by atoms with Crippen LogP contribution in [-0.4, -0.2) is 25.3 Å². The summed E-state index contributed by atoms with van der Waals surface area (Å²) in [6.07, 6.45) is 0.186. The Morgan fingerprint density at radius 3 is 1.88 bits per heavy atom. The first-order chi connectivity index (χ1) is 15.3. The van der Waals surface area contributed by atoms with Crippen LogP contribution in [0.5, 0.6) is 11.5 Å². The Labute approximate surface area is 189 Å². The summed E-state index contributed by atoms with van der Waals surface area (Å²) in [4.78, 5) is 12.4. The number of hydrogen-bond donors (Lipinski definition) is 2. The third-order valence-corrected chi connectivity index (χ3v) is 4.64. The molecular weight excluding hydrogens is 404 g/mol. The quantitative estimate of drug-likeness (QED) is 0.332. The molecule has 0 heterocycles. The summed E-state index contributed by atoms with van der Waals surface area (Å²) in [5.74, 6) is 1.11. The first kappa shape index (κ1) is 23.0. The van der Waals surface area contributed by atoms with E-state index in [0.29, 0.717) is 22.5 Å². The van der Waals surface area contributed by atoms with Gasteiger partial charge in [-0.05, 0) is 87.4 Å². The molecule has 32 heavy (non-hydrogen) atoms. The fraction of sp³-hybridized carbons (Fsp3) is 0.269. The summed E-state index contributed by atoms with van der Waals surface area (Å²) in [5.41, 5.74) is 10.2. The summed E-state index contributed by atoms with van der Waals surface area (Å²) >= 11 is 0. The monoisotopic (exact) mass is 434 g/mol. The van der Waals surface area contributed by atoms with E-state index in [-0.39, 0.29) is 12.2 Å². The highest BCUT2D eigenvalue weighted by Gasteiger charge is 2.17. The highest BCUT2D eigenvalue weighted by Crippen LogP contribution is 2.34. The second-order valence-electron chi connectivity index (χ2n) is 7.98. The van der Waals surface area contributed by atoms with Crippen molar-refractivity contribution in [1.29, 1.82) is 0 Å². The lowest BCUT2D eigenvalue weighted by atomic mass is 9.97. The zero-order valence-electron chi connectivity index (χ0n) is 19.1. The molecule has 0 aliphatic carbocycles. The number of nitrogens with two attached hydrogens (primary N) is 1. The predicted molar refractivity (Wildman–Crippen MR) is 129 cm³/mol. The molecule has 0 bridgehead atoms. The van der Waals surface area contributed by atoms with Crippen molar-refractivity contribution in [2.24, 2.45) is 0 Å². The van der Waals surface area contributed by atoms with Crippen LogP contribution in [0.4, 0.5) is 17.1 Å². The van der Waals surface area contributed by atoms with Crippen LogP contribution in [0, 0.1) is 0 Å². The van der Waals surface area contributed by atoms with Crippen molar-refractivity contribution in [2.75, 3.05) is 18.2 Å². The Hall–Kier alpha value is -3.67. The van der Waals surface area contributed by atoms with Gasteiger partial charge in [0.25, 0.3) is 0 Å². The predicted octanol–water partition coefficient (Wildman–Crippen LogP) is 6.04. The largest absolute Gasteiger partial charge is 0.491 e. The Morgan fingerprint density at radius 1 is 0.844 bits per heavy atom.